The number of nitro groups is 1. The van der Waals surface area contributed by atoms with E-state index in [1.165, 1.54) is 6.07 Å². The van der Waals surface area contributed by atoms with E-state index in [9.17, 15) is 14.9 Å². The number of nitrogens with two attached hydrogens (primary N) is 1. The lowest BCUT2D eigenvalue weighted by atomic mass is 10.1. The predicted molar refractivity (Wildman–Crippen MR) is 80.3 cm³/mol. The van der Waals surface area contributed by atoms with Gasteiger partial charge in [0, 0.05) is 22.9 Å². The van der Waals surface area contributed by atoms with Crippen molar-refractivity contribution in [3.63, 3.8) is 0 Å². The number of nitro benzene ring substituents is 1. The van der Waals surface area contributed by atoms with E-state index in [2.05, 4.69) is 5.32 Å². The number of rotatable bonds is 5. The van der Waals surface area contributed by atoms with E-state index in [1.807, 2.05) is 6.26 Å². The fourth-order valence-corrected chi connectivity index (χ4v) is 2.76. The summed E-state index contributed by atoms with van der Waals surface area (Å²) in [7, 11) is 0. The maximum Gasteiger partial charge on any atom is 0.294 e. The predicted octanol–water partition coefficient (Wildman–Crippen LogP) is 2.46. The standard InChI is InChI=1S/C12H14ClN3O3S/c1-20-12(2-3-12)6-15-11(17)7-4-8(13)10(14)9(5-7)16(18)19/h4-5H,2-3,6,14H2,1H3,(H,15,17). The Balaban J connectivity index is 2.15. The molecule has 0 bridgehead atoms. The van der Waals surface area contributed by atoms with Crippen molar-refractivity contribution < 1.29 is 9.72 Å². The maximum absolute atomic E-state index is 12.0. The minimum atomic E-state index is -0.651. The van der Waals surface area contributed by atoms with Crippen LogP contribution in [0.15, 0.2) is 12.1 Å². The zero-order chi connectivity index (χ0) is 14.9. The molecule has 6 nitrogen and oxygen atoms in total. The van der Waals surface area contributed by atoms with Crippen LogP contribution in [-0.2, 0) is 0 Å². The van der Waals surface area contributed by atoms with Crippen molar-refractivity contribution in [2.75, 3.05) is 18.5 Å². The number of hydrogen-bond acceptors (Lipinski definition) is 5. The van der Waals surface area contributed by atoms with Gasteiger partial charge in [-0.05, 0) is 25.2 Å². The molecular weight excluding hydrogens is 302 g/mol. The monoisotopic (exact) mass is 315 g/mol. The van der Waals surface area contributed by atoms with E-state index >= 15 is 0 Å². The molecule has 0 saturated heterocycles. The Morgan fingerprint density at radius 2 is 2.25 bits per heavy atom. The van der Waals surface area contributed by atoms with Crippen molar-refractivity contribution in [3.8, 4) is 0 Å². The number of carbonyl (C=O) groups is 1. The van der Waals surface area contributed by atoms with Crippen molar-refractivity contribution in [2.24, 2.45) is 0 Å². The molecule has 0 spiro atoms. The molecule has 0 heterocycles. The summed E-state index contributed by atoms with van der Waals surface area (Å²) in [6.45, 7) is 0.544. The first-order valence-electron chi connectivity index (χ1n) is 5.95. The van der Waals surface area contributed by atoms with Crippen LogP contribution in [0.4, 0.5) is 11.4 Å². The summed E-state index contributed by atoms with van der Waals surface area (Å²) in [5, 5.41) is 13.6. The molecule has 0 aliphatic heterocycles. The Labute approximate surface area is 125 Å². The molecular formula is C12H14ClN3O3S. The quantitative estimate of drug-likeness (QED) is 0.494. The molecule has 1 aromatic carbocycles. The van der Waals surface area contributed by atoms with Crippen LogP contribution in [0.3, 0.4) is 0 Å². The molecule has 8 heteroatoms. The smallest absolute Gasteiger partial charge is 0.294 e. The van der Waals surface area contributed by atoms with Crippen LogP contribution in [0.25, 0.3) is 0 Å². The van der Waals surface area contributed by atoms with Crippen LogP contribution in [0.2, 0.25) is 5.02 Å². The molecule has 0 unspecified atom stereocenters. The minimum Gasteiger partial charge on any atom is -0.392 e. The normalized spacial score (nSPS) is 15.7. The summed E-state index contributed by atoms with van der Waals surface area (Å²) >= 11 is 7.54. The van der Waals surface area contributed by atoms with Gasteiger partial charge in [-0.15, -0.1) is 0 Å². The number of thioether (sulfide) groups is 1. The van der Waals surface area contributed by atoms with E-state index in [-0.39, 0.29) is 32.6 Å². The summed E-state index contributed by atoms with van der Waals surface area (Å²) in [4.78, 5) is 22.2. The van der Waals surface area contributed by atoms with Gasteiger partial charge >= 0.3 is 0 Å². The van der Waals surface area contributed by atoms with Crippen molar-refractivity contribution in [1.29, 1.82) is 0 Å². The highest BCUT2D eigenvalue weighted by molar-refractivity contribution is 8.00. The molecule has 1 fully saturated rings. The zero-order valence-corrected chi connectivity index (χ0v) is 12.4. The highest BCUT2D eigenvalue weighted by Crippen LogP contribution is 2.46. The average Bonchev–Trinajstić information content (AvgIpc) is 3.19. The summed E-state index contributed by atoms with van der Waals surface area (Å²) in [6.07, 6.45) is 4.14. The Morgan fingerprint density at radius 1 is 1.60 bits per heavy atom. The first kappa shape index (κ1) is 14.9. The van der Waals surface area contributed by atoms with E-state index in [4.69, 9.17) is 17.3 Å². The summed E-state index contributed by atoms with van der Waals surface area (Å²) in [5.74, 6) is -0.379. The van der Waals surface area contributed by atoms with Gasteiger partial charge in [-0.3, -0.25) is 14.9 Å². The SMILES string of the molecule is CSC1(CNC(=O)c2cc(Cl)c(N)c([N+](=O)[O-])c2)CC1. The Hall–Kier alpha value is -1.47. The van der Waals surface area contributed by atoms with Crippen molar-refractivity contribution in [1.82, 2.24) is 5.32 Å². The van der Waals surface area contributed by atoms with E-state index in [0.717, 1.165) is 18.9 Å². The van der Waals surface area contributed by atoms with Crippen LogP contribution in [0, 0.1) is 10.1 Å². The highest BCUT2D eigenvalue weighted by Gasteiger charge is 2.42. The third-order valence-corrected chi connectivity index (χ3v) is 5.11. The Morgan fingerprint density at radius 3 is 2.75 bits per heavy atom. The molecule has 1 aromatic rings. The van der Waals surface area contributed by atoms with E-state index in [0.29, 0.717) is 6.54 Å². The zero-order valence-electron chi connectivity index (χ0n) is 10.8. The molecule has 3 N–H and O–H groups in total. The van der Waals surface area contributed by atoms with Gasteiger partial charge in [0.25, 0.3) is 11.6 Å². The summed E-state index contributed by atoms with van der Waals surface area (Å²) in [6, 6.07) is 2.49. The Bertz CT molecular complexity index is 575. The summed E-state index contributed by atoms with van der Waals surface area (Å²) in [5.41, 5.74) is 5.18. The maximum atomic E-state index is 12.0. The van der Waals surface area contributed by atoms with Crippen LogP contribution >= 0.6 is 23.4 Å². The largest absolute Gasteiger partial charge is 0.392 e. The van der Waals surface area contributed by atoms with Crippen LogP contribution in [0.1, 0.15) is 23.2 Å². The van der Waals surface area contributed by atoms with Crippen molar-refractivity contribution in [3.05, 3.63) is 32.8 Å². The Kier molecular flexibility index (Phi) is 4.10. The van der Waals surface area contributed by atoms with E-state index in [1.54, 1.807) is 11.8 Å². The molecule has 0 aromatic heterocycles. The fourth-order valence-electron chi connectivity index (χ4n) is 1.82. The first-order valence-corrected chi connectivity index (χ1v) is 7.55. The third-order valence-electron chi connectivity index (χ3n) is 3.38. The number of halogens is 1. The minimum absolute atomic E-state index is 0.00958. The topological polar surface area (TPSA) is 98.3 Å². The number of amides is 1. The summed E-state index contributed by atoms with van der Waals surface area (Å²) < 4.78 is 0.124. The van der Waals surface area contributed by atoms with Crippen LogP contribution in [0.5, 0.6) is 0 Å². The van der Waals surface area contributed by atoms with Gasteiger partial charge in [0.2, 0.25) is 0 Å². The third kappa shape index (κ3) is 2.99. The number of hydrogen-bond donors (Lipinski definition) is 2. The van der Waals surface area contributed by atoms with Gasteiger partial charge in [0.05, 0.1) is 9.95 Å². The molecule has 20 heavy (non-hydrogen) atoms. The molecule has 2 rings (SSSR count). The lowest BCUT2D eigenvalue weighted by Crippen LogP contribution is -2.31. The number of anilines is 1. The number of nitrogens with zero attached hydrogens (tertiary/aromatic N) is 1. The molecule has 1 amide bonds. The van der Waals surface area contributed by atoms with Crippen molar-refractivity contribution >= 4 is 40.6 Å². The highest BCUT2D eigenvalue weighted by atomic mass is 35.5. The lowest BCUT2D eigenvalue weighted by Gasteiger charge is -2.13. The number of benzene rings is 1. The van der Waals surface area contributed by atoms with Gasteiger partial charge in [-0.25, -0.2) is 0 Å². The van der Waals surface area contributed by atoms with Gasteiger partial charge in [-0.2, -0.15) is 11.8 Å². The second-order valence-electron chi connectivity index (χ2n) is 4.72. The fraction of sp³-hybridized carbons (Fsp3) is 0.417. The van der Waals surface area contributed by atoms with Crippen molar-refractivity contribution in [2.45, 2.75) is 17.6 Å². The van der Waals surface area contributed by atoms with Crippen LogP contribution in [-0.4, -0.2) is 28.4 Å². The first-order chi connectivity index (χ1) is 9.38. The number of nitrogens with one attached hydrogen (secondary N) is 1. The second-order valence-corrected chi connectivity index (χ2v) is 6.40. The second kappa shape index (κ2) is 5.49. The van der Waals surface area contributed by atoms with Gasteiger partial charge < -0.3 is 11.1 Å². The number of carbonyl (C=O) groups excluding carboxylic acids is 1. The van der Waals surface area contributed by atoms with Gasteiger partial charge in [0.1, 0.15) is 5.69 Å². The van der Waals surface area contributed by atoms with E-state index < -0.39 is 4.92 Å². The molecule has 1 saturated carbocycles. The van der Waals surface area contributed by atoms with Gasteiger partial charge in [-0.1, -0.05) is 11.6 Å². The lowest BCUT2D eigenvalue weighted by molar-refractivity contribution is -0.383. The molecule has 1 aliphatic carbocycles. The molecule has 1 aliphatic rings. The number of nitrogen functional groups attached to an aromatic ring is 1. The molecule has 0 atom stereocenters. The molecule has 108 valence electrons. The average molecular weight is 316 g/mol. The van der Waals surface area contributed by atoms with Crippen LogP contribution < -0.4 is 11.1 Å². The molecule has 0 radical (unpaired) electrons. The van der Waals surface area contributed by atoms with Gasteiger partial charge in [0.15, 0.2) is 0 Å².